The molecule has 3 aromatic rings. The van der Waals surface area contributed by atoms with E-state index in [1.54, 1.807) is 12.3 Å². The number of hydrogen-bond acceptors (Lipinski definition) is 5. The first-order chi connectivity index (χ1) is 15.4. The van der Waals surface area contributed by atoms with Crippen LogP contribution in [0.25, 0.3) is 17.1 Å². The zero-order valence-corrected chi connectivity index (χ0v) is 19.8. The average molecular weight is 482 g/mol. The molecule has 0 saturated carbocycles. The molecule has 0 unspecified atom stereocenters. The Bertz CT molecular complexity index is 1100. The van der Waals surface area contributed by atoms with Crippen molar-refractivity contribution in [3.63, 3.8) is 0 Å². The average Bonchev–Trinajstić information content (AvgIpc) is 3.29. The van der Waals surface area contributed by atoms with Gasteiger partial charge in [0.25, 0.3) is 5.56 Å². The number of ether oxygens (including phenoxy) is 1. The monoisotopic (exact) mass is 481 g/mol. The van der Waals surface area contributed by atoms with E-state index in [0.29, 0.717) is 18.9 Å². The number of benzene rings is 1. The third kappa shape index (κ3) is 5.31. The standard InChI is InChI=1S/C22H26Cl2FN5O2/c1-4-14(2)13-29-19(20(24)28-21(22(29)31)30-9-5-8-27-30)18-16(23)11-15(12-17(18)25)32-10-6-7-26-3/h5,8-9,11-12,14,26H,4,6-7,10,13H2,1-3H3/t14-/m0/s1. The summed E-state index contributed by atoms with van der Waals surface area (Å²) in [5, 5.41) is 7.15. The molecule has 10 heteroatoms. The number of halogens is 3. The largest absolute Gasteiger partial charge is 0.493 e. The zero-order valence-electron chi connectivity index (χ0n) is 18.2. The van der Waals surface area contributed by atoms with Crippen molar-refractivity contribution >= 4 is 23.2 Å². The third-order valence-electron chi connectivity index (χ3n) is 5.11. The van der Waals surface area contributed by atoms with Crippen molar-refractivity contribution in [2.24, 2.45) is 5.92 Å². The summed E-state index contributed by atoms with van der Waals surface area (Å²) < 4.78 is 23.6. The van der Waals surface area contributed by atoms with Gasteiger partial charge in [0, 0.05) is 25.0 Å². The van der Waals surface area contributed by atoms with Crippen molar-refractivity contribution in [1.82, 2.24) is 24.6 Å². The third-order valence-corrected chi connectivity index (χ3v) is 5.67. The quantitative estimate of drug-likeness (QED) is 0.429. The Kier molecular flexibility index (Phi) is 8.28. The summed E-state index contributed by atoms with van der Waals surface area (Å²) in [5.41, 5.74) is -0.285. The molecular formula is C22H26Cl2FN5O2. The van der Waals surface area contributed by atoms with Crippen LogP contribution in [0.1, 0.15) is 26.7 Å². The lowest BCUT2D eigenvalue weighted by Crippen LogP contribution is -2.30. The Labute approximate surface area is 196 Å². The van der Waals surface area contributed by atoms with Crippen LogP contribution in [0.3, 0.4) is 0 Å². The molecular weight excluding hydrogens is 456 g/mol. The summed E-state index contributed by atoms with van der Waals surface area (Å²) in [7, 11) is 1.85. The summed E-state index contributed by atoms with van der Waals surface area (Å²) in [5.74, 6) is -0.172. The van der Waals surface area contributed by atoms with Gasteiger partial charge >= 0.3 is 0 Å². The summed E-state index contributed by atoms with van der Waals surface area (Å²) in [6, 6.07) is 4.44. The highest BCUT2D eigenvalue weighted by molar-refractivity contribution is 6.35. The van der Waals surface area contributed by atoms with Gasteiger partial charge in [0.15, 0.2) is 5.15 Å². The Morgan fingerprint density at radius 3 is 2.72 bits per heavy atom. The van der Waals surface area contributed by atoms with Crippen molar-refractivity contribution in [2.45, 2.75) is 33.2 Å². The maximum Gasteiger partial charge on any atom is 0.296 e. The molecule has 7 nitrogen and oxygen atoms in total. The minimum atomic E-state index is -0.644. The van der Waals surface area contributed by atoms with E-state index in [-0.39, 0.29) is 33.2 Å². The van der Waals surface area contributed by atoms with E-state index in [2.05, 4.69) is 15.4 Å². The van der Waals surface area contributed by atoms with Crippen LogP contribution in [0, 0.1) is 11.7 Å². The van der Waals surface area contributed by atoms with E-state index in [1.807, 2.05) is 20.9 Å². The SMILES string of the molecule is CC[C@H](C)Cn1c(-c2c(F)cc(OCCCNC)cc2Cl)c(Cl)nc(-n2cccn2)c1=O. The predicted octanol–water partition coefficient (Wildman–Crippen LogP) is 4.58. The topological polar surface area (TPSA) is 74.0 Å². The van der Waals surface area contributed by atoms with Crippen LogP contribution in [-0.4, -0.2) is 39.5 Å². The van der Waals surface area contributed by atoms with Crippen molar-refractivity contribution in [2.75, 3.05) is 20.2 Å². The molecule has 0 aliphatic heterocycles. The van der Waals surface area contributed by atoms with Crippen LogP contribution in [0.15, 0.2) is 35.4 Å². The second-order valence-corrected chi connectivity index (χ2v) is 8.29. The number of nitrogens with zero attached hydrogens (tertiary/aromatic N) is 4. The van der Waals surface area contributed by atoms with Crippen molar-refractivity contribution < 1.29 is 9.13 Å². The lowest BCUT2D eigenvalue weighted by molar-refractivity contribution is 0.308. The molecule has 172 valence electrons. The van der Waals surface area contributed by atoms with Gasteiger partial charge in [0.05, 0.1) is 22.9 Å². The maximum atomic E-state index is 15.3. The number of aromatic nitrogens is 4. The highest BCUT2D eigenvalue weighted by Gasteiger charge is 2.24. The van der Waals surface area contributed by atoms with Crippen LogP contribution < -0.4 is 15.6 Å². The maximum absolute atomic E-state index is 15.3. The van der Waals surface area contributed by atoms with Crippen LogP contribution in [0.4, 0.5) is 4.39 Å². The van der Waals surface area contributed by atoms with E-state index in [1.165, 1.54) is 27.6 Å². The molecule has 0 bridgehead atoms. The summed E-state index contributed by atoms with van der Waals surface area (Å²) in [4.78, 5) is 17.6. The van der Waals surface area contributed by atoms with Gasteiger partial charge in [0.2, 0.25) is 5.82 Å². The Morgan fingerprint density at radius 1 is 1.31 bits per heavy atom. The summed E-state index contributed by atoms with van der Waals surface area (Å²) >= 11 is 13.0. The predicted molar refractivity (Wildman–Crippen MR) is 125 cm³/mol. The van der Waals surface area contributed by atoms with Crippen molar-refractivity contribution in [3.05, 3.63) is 56.9 Å². The van der Waals surface area contributed by atoms with Crippen LogP contribution in [-0.2, 0) is 6.54 Å². The lowest BCUT2D eigenvalue weighted by atomic mass is 10.1. The normalized spacial score (nSPS) is 12.2. The van der Waals surface area contributed by atoms with E-state index >= 15 is 4.39 Å². The number of hydrogen-bond donors (Lipinski definition) is 1. The van der Waals surface area contributed by atoms with Gasteiger partial charge in [-0.05, 0) is 38.1 Å². The second-order valence-electron chi connectivity index (χ2n) is 7.52. The van der Waals surface area contributed by atoms with Crippen LogP contribution in [0.5, 0.6) is 5.75 Å². The van der Waals surface area contributed by atoms with Gasteiger partial charge in [-0.1, -0.05) is 43.5 Å². The molecule has 1 aromatic carbocycles. The molecule has 2 heterocycles. The van der Waals surface area contributed by atoms with Gasteiger partial charge in [-0.3, -0.25) is 4.79 Å². The van der Waals surface area contributed by atoms with E-state index in [9.17, 15) is 4.79 Å². The van der Waals surface area contributed by atoms with Gasteiger partial charge in [-0.2, -0.15) is 5.10 Å². The fraction of sp³-hybridized carbons (Fsp3) is 0.409. The zero-order chi connectivity index (χ0) is 23.3. The molecule has 0 spiro atoms. The molecule has 1 N–H and O–H groups in total. The molecule has 0 aliphatic rings. The summed E-state index contributed by atoms with van der Waals surface area (Å²) in [6.45, 7) is 5.52. The Hall–Kier alpha value is -2.42. The molecule has 2 aromatic heterocycles. The first-order valence-corrected chi connectivity index (χ1v) is 11.2. The van der Waals surface area contributed by atoms with E-state index < -0.39 is 11.4 Å². The first kappa shape index (κ1) is 24.2. The highest BCUT2D eigenvalue weighted by Crippen LogP contribution is 2.37. The molecule has 0 fully saturated rings. The Balaban J connectivity index is 2.12. The van der Waals surface area contributed by atoms with Gasteiger partial charge in [0.1, 0.15) is 11.6 Å². The molecule has 1 atom stereocenters. The van der Waals surface area contributed by atoms with Gasteiger partial charge in [-0.15, -0.1) is 0 Å². The smallest absolute Gasteiger partial charge is 0.296 e. The fourth-order valence-corrected chi connectivity index (χ4v) is 3.79. The molecule has 0 amide bonds. The molecule has 32 heavy (non-hydrogen) atoms. The minimum absolute atomic E-state index is 0.0131. The number of nitrogens with one attached hydrogen (secondary N) is 1. The lowest BCUT2D eigenvalue weighted by Gasteiger charge is -2.20. The minimum Gasteiger partial charge on any atom is -0.493 e. The van der Waals surface area contributed by atoms with E-state index in [4.69, 9.17) is 27.9 Å². The first-order valence-electron chi connectivity index (χ1n) is 10.4. The van der Waals surface area contributed by atoms with Crippen LogP contribution >= 0.6 is 23.2 Å². The van der Waals surface area contributed by atoms with E-state index in [0.717, 1.165) is 19.4 Å². The van der Waals surface area contributed by atoms with Crippen LogP contribution in [0.2, 0.25) is 10.2 Å². The number of rotatable bonds is 10. The van der Waals surface area contributed by atoms with Crippen molar-refractivity contribution in [1.29, 1.82) is 0 Å². The highest BCUT2D eigenvalue weighted by atomic mass is 35.5. The van der Waals surface area contributed by atoms with Gasteiger partial charge in [-0.25, -0.2) is 14.1 Å². The molecule has 3 rings (SSSR count). The summed E-state index contributed by atoms with van der Waals surface area (Å²) in [6.07, 6.45) is 4.71. The van der Waals surface area contributed by atoms with Gasteiger partial charge < -0.3 is 14.6 Å². The molecule has 0 aliphatic carbocycles. The van der Waals surface area contributed by atoms with Crippen molar-refractivity contribution in [3.8, 4) is 22.8 Å². The fourth-order valence-electron chi connectivity index (χ4n) is 3.22. The molecule has 0 saturated heterocycles. The Morgan fingerprint density at radius 2 is 2.09 bits per heavy atom. The molecule has 0 radical (unpaired) electrons. The second kappa shape index (κ2) is 10.9.